The number of Topliss-reactive ketones (excluding diaryl/α,β-unsaturated/α-hetero) is 1. The molecule has 1 unspecified atom stereocenters. The zero-order valence-electron chi connectivity index (χ0n) is 8.40. The van der Waals surface area contributed by atoms with Crippen molar-refractivity contribution in [2.75, 3.05) is 7.05 Å². The van der Waals surface area contributed by atoms with E-state index < -0.39 is 0 Å². The van der Waals surface area contributed by atoms with Crippen LogP contribution in [-0.2, 0) is 4.79 Å². The Morgan fingerprint density at radius 1 is 1.45 bits per heavy atom. The first-order chi connectivity index (χ1) is 5.22. The van der Waals surface area contributed by atoms with Gasteiger partial charge in [-0.25, -0.2) is 0 Å². The average Bonchev–Trinajstić information content (AvgIpc) is 2.03. The van der Waals surface area contributed by atoms with Gasteiger partial charge < -0.3 is 5.32 Å². The zero-order valence-corrected chi connectivity index (χ0v) is 8.40. The minimum absolute atomic E-state index is 0.0787. The van der Waals surface area contributed by atoms with Crippen molar-refractivity contribution in [2.45, 2.75) is 46.6 Å². The van der Waals surface area contributed by atoms with Gasteiger partial charge in [0, 0.05) is 0 Å². The molecule has 0 saturated heterocycles. The van der Waals surface area contributed by atoms with E-state index in [9.17, 15) is 4.79 Å². The number of likely N-dealkylation sites (N-methyl/N-ethyl adjacent to an activating group) is 1. The van der Waals surface area contributed by atoms with E-state index in [1.54, 1.807) is 6.92 Å². The monoisotopic (exact) mass is 159 g/mol. The SMILES string of the molecule is CC.CCCC(NC)C(C)=O. The molecular formula is C9H21NO. The van der Waals surface area contributed by atoms with Gasteiger partial charge in [-0.05, 0) is 20.4 Å². The highest BCUT2D eigenvalue weighted by molar-refractivity contribution is 5.81. The van der Waals surface area contributed by atoms with Gasteiger partial charge in [0.25, 0.3) is 0 Å². The Bertz CT molecular complexity index is 91.6. The molecule has 0 heterocycles. The van der Waals surface area contributed by atoms with E-state index in [1.165, 1.54) is 0 Å². The van der Waals surface area contributed by atoms with Gasteiger partial charge in [-0.15, -0.1) is 0 Å². The molecule has 0 rings (SSSR count). The minimum Gasteiger partial charge on any atom is -0.311 e. The first-order valence-corrected chi connectivity index (χ1v) is 4.40. The van der Waals surface area contributed by atoms with E-state index >= 15 is 0 Å². The van der Waals surface area contributed by atoms with Crippen molar-refractivity contribution in [3.8, 4) is 0 Å². The molecule has 11 heavy (non-hydrogen) atoms. The molecule has 0 aromatic rings. The van der Waals surface area contributed by atoms with Crippen LogP contribution in [0.15, 0.2) is 0 Å². The van der Waals surface area contributed by atoms with Gasteiger partial charge in [-0.1, -0.05) is 27.2 Å². The van der Waals surface area contributed by atoms with E-state index in [0.717, 1.165) is 12.8 Å². The highest BCUT2D eigenvalue weighted by Gasteiger charge is 2.07. The second-order valence-electron chi connectivity index (χ2n) is 2.24. The molecule has 1 N–H and O–H groups in total. The molecule has 0 aromatic heterocycles. The summed E-state index contributed by atoms with van der Waals surface area (Å²) < 4.78 is 0. The van der Waals surface area contributed by atoms with Crippen molar-refractivity contribution in [3.05, 3.63) is 0 Å². The average molecular weight is 159 g/mol. The van der Waals surface area contributed by atoms with E-state index in [0.29, 0.717) is 0 Å². The standard InChI is InChI=1S/C7H15NO.C2H6/c1-4-5-7(8-3)6(2)9;1-2/h7-8H,4-5H2,1-3H3;1-2H3. The summed E-state index contributed by atoms with van der Waals surface area (Å²) >= 11 is 0. The van der Waals surface area contributed by atoms with Gasteiger partial charge in [-0.3, -0.25) is 4.79 Å². The Kier molecular flexibility index (Phi) is 11.6. The molecule has 0 amide bonds. The summed E-state index contributed by atoms with van der Waals surface area (Å²) in [6.45, 7) is 7.70. The van der Waals surface area contributed by atoms with Crippen LogP contribution in [0.4, 0.5) is 0 Å². The predicted molar refractivity (Wildman–Crippen MR) is 49.8 cm³/mol. The van der Waals surface area contributed by atoms with E-state index in [1.807, 2.05) is 20.9 Å². The fourth-order valence-corrected chi connectivity index (χ4v) is 0.840. The maximum atomic E-state index is 10.7. The van der Waals surface area contributed by atoms with Crippen LogP contribution in [0.3, 0.4) is 0 Å². The largest absolute Gasteiger partial charge is 0.311 e. The Hall–Kier alpha value is -0.370. The number of hydrogen-bond donors (Lipinski definition) is 1. The molecule has 68 valence electrons. The minimum atomic E-state index is 0.0787. The van der Waals surface area contributed by atoms with Crippen LogP contribution in [-0.4, -0.2) is 18.9 Å². The molecule has 0 spiro atoms. The van der Waals surface area contributed by atoms with Gasteiger partial charge in [0.2, 0.25) is 0 Å². The summed E-state index contributed by atoms with van der Waals surface area (Å²) in [7, 11) is 1.82. The van der Waals surface area contributed by atoms with Crippen LogP contribution in [0.2, 0.25) is 0 Å². The first kappa shape index (κ1) is 13.2. The Balaban J connectivity index is 0. The lowest BCUT2D eigenvalue weighted by Gasteiger charge is -2.09. The lowest BCUT2D eigenvalue weighted by Crippen LogP contribution is -2.31. The van der Waals surface area contributed by atoms with E-state index in [2.05, 4.69) is 12.2 Å². The van der Waals surface area contributed by atoms with Crippen LogP contribution in [0.5, 0.6) is 0 Å². The summed E-state index contributed by atoms with van der Waals surface area (Å²) in [5.41, 5.74) is 0. The van der Waals surface area contributed by atoms with Gasteiger partial charge in [0.1, 0.15) is 5.78 Å². The maximum Gasteiger partial charge on any atom is 0.146 e. The maximum absolute atomic E-state index is 10.7. The predicted octanol–water partition coefficient (Wildman–Crippen LogP) is 1.99. The third-order valence-corrected chi connectivity index (χ3v) is 1.42. The number of rotatable bonds is 4. The molecule has 0 saturated carbocycles. The number of carbonyl (C=O) groups excluding carboxylic acids is 1. The van der Waals surface area contributed by atoms with Crippen LogP contribution in [0, 0.1) is 0 Å². The van der Waals surface area contributed by atoms with Gasteiger partial charge in [-0.2, -0.15) is 0 Å². The van der Waals surface area contributed by atoms with Crippen LogP contribution >= 0.6 is 0 Å². The normalized spacial score (nSPS) is 11.4. The fourth-order valence-electron chi connectivity index (χ4n) is 0.840. The zero-order chi connectivity index (χ0) is 9.28. The summed E-state index contributed by atoms with van der Waals surface area (Å²) in [5, 5.41) is 2.95. The Morgan fingerprint density at radius 2 is 1.91 bits per heavy atom. The number of ketones is 1. The van der Waals surface area contributed by atoms with Crippen molar-refractivity contribution in [1.82, 2.24) is 5.32 Å². The molecule has 2 nitrogen and oxygen atoms in total. The van der Waals surface area contributed by atoms with Crippen molar-refractivity contribution >= 4 is 5.78 Å². The molecule has 0 aromatic carbocycles. The molecule has 1 atom stereocenters. The van der Waals surface area contributed by atoms with Gasteiger partial charge in [0.15, 0.2) is 0 Å². The molecule has 0 bridgehead atoms. The van der Waals surface area contributed by atoms with Crippen molar-refractivity contribution < 1.29 is 4.79 Å². The summed E-state index contributed by atoms with van der Waals surface area (Å²) in [4.78, 5) is 10.7. The molecule has 2 heteroatoms. The molecule has 0 aliphatic heterocycles. The second kappa shape index (κ2) is 9.63. The van der Waals surface area contributed by atoms with Crippen molar-refractivity contribution in [1.29, 1.82) is 0 Å². The van der Waals surface area contributed by atoms with Crippen LogP contribution in [0.25, 0.3) is 0 Å². The number of nitrogens with one attached hydrogen (secondary N) is 1. The lowest BCUT2D eigenvalue weighted by atomic mass is 10.1. The number of carbonyl (C=O) groups is 1. The number of hydrogen-bond acceptors (Lipinski definition) is 2. The van der Waals surface area contributed by atoms with E-state index in [-0.39, 0.29) is 11.8 Å². The quantitative estimate of drug-likeness (QED) is 0.679. The Labute approximate surface area is 70.4 Å². The Morgan fingerprint density at radius 3 is 2.00 bits per heavy atom. The molecule has 0 aliphatic carbocycles. The topological polar surface area (TPSA) is 29.1 Å². The third-order valence-electron chi connectivity index (χ3n) is 1.42. The highest BCUT2D eigenvalue weighted by atomic mass is 16.1. The molecule has 0 radical (unpaired) electrons. The van der Waals surface area contributed by atoms with Crippen molar-refractivity contribution in [2.24, 2.45) is 0 Å². The fraction of sp³-hybridized carbons (Fsp3) is 0.889. The molecule has 0 fully saturated rings. The lowest BCUT2D eigenvalue weighted by molar-refractivity contribution is -0.119. The van der Waals surface area contributed by atoms with Crippen molar-refractivity contribution in [3.63, 3.8) is 0 Å². The summed E-state index contributed by atoms with van der Waals surface area (Å²) in [6, 6.07) is 0.0787. The van der Waals surface area contributed by atoms with Gasteiger partial charge >= 0.3 is 0 Å². The highest BCUT2D eigenvalue weighted by Crippen LogP contribution is 1.95. The molecular weight excluding hydrogens is 138 g/mol. The van der Waals surface area contributed by atoms with Crippen LogP contribution in [0.1, 0.15) is 40.5 Å². The van der Waals surface area contributed by atoms with E-state index in [4.69, 9.17) is 0 Å². The third kappa shape index (κ3) is 7.53. The summed E-state index contributed by atoms with van der Waals surface area (Å²) in [5.74, 6) is 0.236. The second-order valence-corrected chi connectivity index (χ2v) is 2.24. The summed E-state index contributed by atoms with van der Waals surface area (Å²) in [6.07, 6.45) is 2.01. The van der Waals surface area contributed by atoms with Gasteiger partial charge in [0.05, 0.1) is 6.04 Å². The first-order valence-electron chi connectivity index (χ1n) is 4.40. The molecule has 0 aliphatic rings. The van der Waals surface area contributed by atoms with Crippen LogP contribution < -0.4 is 5.32 Å². The smallest absolute Gasteiger partial charge is 0.146 e.